The number of benzene rings is 1. The van der Waals surface area contributed by atoms with Crippen LogP contribution < -0.4 is 0 Å². The zero-order chi connectivity index (χ0) is 11.1. The molecule has 0 spiro atoms. The van der Waals surface area contributed by atoms with Gasteiger partial charge in [-0.15, -0.1) is 0 Å². The third-order valence-corrected chi connectivity index (χ3v) is 2.75. The second kappa shape index (κ2) is 6.36. The van der Waals surface area contributed by atoms with E-state index in [1.54, 1.807) is 5.56 Å². The normalized spacial score (nSPS) is 15.0. The average molecular weight is 205 g/mol. The zero-order valence-corrected chi connectivity index (χ0v) is 9.41. The van der Waals surface area contributed by atoms with Gasteiger partial charge in [0.25, 0.3) is 0 Å². The quantitative estimate of drug-likeness (QED) is 0.738. The number of carbonyl (C=O) groups excluding carboxylic acids is 1. The molecule has 1 aliphatic rings. The van der Waals surface area contributed by atoms with Gasteiger partial charge in [0, 0.05) is 13.1 Å². The molecule has 0 aliphatic carbocycles. The van der Waals surface area contributed by atoms with Gasteiger partial charge in [0.1, 0.15) is 6.79 Å². The van der Waals surface area contributed by atoms with Crippen molar-refractivity contribution < 1.29 is 4.79 Å². The maximum atomic E-state index is 8.00. The van der Waals surface area contributed by atoms with E-state index < -0.39 is 0 Å². The summed E-state index contributed by atoms with van der Waals surface area (Å²) < 4.78 is 0. The van der Waals surface area contributed by atoms with Gasteiger partial charge in [-0.3, -0.25) is 4.90 Å². The molecular weight excluding hydrogens is 186 g/mol. The van der Waals surface area contributed by atoms with Crippen LogP contribution in [0.2, 0.25) is 0 Å². The van der Waals surface area contributed by atoms with Gasteiger partial charge in [-0.05, 0) is 30.5 Å². The highest BCUT2D eigenvalue weighted by atomic mass is 16.1. The summed E-state index contributed by atoms with van der Waals surface area (Å²) in [5.74, 6) is 0. The van der Waals surface area contributed by atoms with Crippen molar-refractivity contribution in [3.63, 3.8) is 0 Å². The predicted octanol–water partition coefficient (Wildman–Crippen LogP) is 2.27. The van der Waals surface area contributed by atoms with Crippen LogP contribution >= 0.6 is 0 Å². The van der Waals surface area contributed by atoms with Crippen molar-refractivity contribution in [2.75, 3.05) is 13.1 Å². The molecule has 15 heavy (non-hydrogen) atoms. The molecule has 0 bridgehead atoms. The summed E-state index contributed by atoms with van der Waals surface area (Å²) in [6.45, 7) is 7.89. The summed E-state index contributed by atoms with van der Waals surface area (Å²) in [7, 11) is 0. The molecule has 0 atom stereocenters. The Hall–Kier alpha value is -1.15. The lowest BCUT2D eigenvalue weighted by Gasteiger charge is -2.28. The first-order valence-electron chi connectivity index (χ1n) is 5.48. The van der Waals surface area contributed by atoms with Gasteiger partial charge in [-0.25, -0.2) is 0 Å². The fourth-order valence-electron chi connectivity index (χ4n) is 2.06. The Morgan fingerprint density at radius 3 is 2.60 bits per heavy atom. The van der Waals surface area contributed by atoms with Crippen molar-refractivity contribution in [1.29, 1.82) is 0 Å². The molecule has 0 saturated heterocycles. The molecule has 1 aliphatic heterocycles. The minimum absolute atomic E-state index is 1.16. The molecule has 0 radical (unpaired) electrons. The van der Waals surface area contributed by atoms with Crippen molar-refractivity contribution in [2.24, 2.45) is 0 Å². The summed E-state index contributed by atoms with van der Waals surface area (Å²) in [4.78, 5) is 10.5. The topological polar surface area (TPSA) is 20.3 Å². The van der Waals surface area contributed by atoms with Crippen LogP contribution in [0.5, 0.6) is 0 Å². The number of hydrogen-bond acceptors (Lipinski definition) is 2. The van der Waals surface area contributed by atoms with E-state index in [-0.39, 0.29) is 0 Å². The van der Waals surface area contributed by atoms with Crippen LogP contribution in [0, 0.1) is 0 Å². The lowest BCUT2D eigenvalue weighted by Crippen LogP contribution is -2.30. The minimum atomic E-state index is 1.16. The second-order valence-electron chi connectivity index (χ2n) is 3.79. The van der Waals surface area contributed by atoms with Crippen molar-refractivity contribution in [2.45, 2.75) is 26.3 Å². The Balaban J connectivity index is 0.000000531. The molecule has 2 nitrogen and oxygen atoms in total. The highest BCUT2D eigenvalue weighted by Gasteiger charge is 2.13. The van der Waals surface area contributed by atoms with Crippen LogP contribution in [-0.4, -0.2) is 24.8 Å². The Labute approximate surface area is 91.9 Å². The maximum absolute atomic E-state index is 8.00. The van der Waals surface area contributed by atoms with Crippen molar-refractivity contribution in [3.8, 4) is 0 Å². The van der Waals surface area contributed by atoms with E-state index in [2.05, 4.69) is 36.1 Å². The van der Waals surface area contributed by atoms with E-state index in [1.165, 1.54) is 31.5 Å². The summed E-state index contributed by atoms with van der Waals surface area (Å²) in [5, 5.41) is 0. The minimum Gasteiger partial charge on any atom is -0.307 e. The van der Waals surface area contributed by atoms with Crippen LogP contribution in [-0.2, 0) is 17.8 Å². The van der Waals surface area contributed by atoms with Crippen LogP contribution in [0.15, 0.2) is 24.3 Å². The van der Waals surface area contributed by atoms with E-state index in [9.17, 15) is 0 Å². The second-order valence-corrected chi connectivity index (χ2v) is 3.79. The Morgan fingerprint density at radius 1 is 1.27 bits per heavy atom. The predicted molar refractivity (Wildman–Crippen MR) is 62.8 cm³/mol. The highest BCUT2D eigenvalue weighted by Crippen LogP contribution is 2.18. The summed E-state index contributed by atoms with van der Waals surface area (Å²) >= 11 is 0. The molecule has 0 fully saturated rings. The third-order valence-electron chi connectivity index (χ3n) is 2.75. The van der Waals surface area contributed by atoms with Gasteiger partial charge < -0.3 is 4.79 Å². The van der Waals surface area contributed by atoms with Crippen LogP contribution in [0.1, 0.15) is 24.5 Å². The van der Waals surface area contributed by atoms with Gasteiger partial charge in [0.2, 0.25) is 0 Å². The van der Waals surface area contributed by atoms with Crippen molar-refractivity contribution >= 4 is 6.79 Å². The van der Waals surface area contributed by atoms with Crippen molar-refractivity contribution in [3.05, 3.63) is 35.4 Å². The lowest BCUT2D eigenvalue weighted by molar-refractivity contribution is -0.0979. The number of fused-ring (bicyclic) bond motifs is 1. The smallest absolute Gasteiger partial charge is 0.106 e. The fourth-order valence-corrected chi connectivity index (χ4v) is 2.06. The molecule has 82 valence electrons. The van der Waals surface area contributed by atoms with Crippen molar-refractivity contribution in [1.82, 2.24) is 4.90 Å². The van der Waals surface area contributed by atoms with E-state index >= 15 is 0 Å². The Kier molecular flexibility index (Phi) is 5.05. The lowest BCUT2D eigenvalue weighted by atomic mass is 10.00. The SMILES string of the molecule is C=O.CCCN1CCc2ccccc2C1. The van der Waals surface area contributed by atoms with Crippen LogP contribution in [0.3, 0.4) is 0 Å². The molecular formula is C13H19NO. The number of rotatable bonds is 2. The number of hydrogen-bond donors (Lipinski definition) is 0. The Bertz CT molecular complexity index is 298. The largest absolute Gasteiger partial charge is 0.307 e. The van der Waals surface area contributed by atoms with Gasteiger partial charge in [-0.2, -0.15) is 0 Å². The third kappa shape index (κ3) is 3.17. The van der Waals surface area contributed by atoms with E-state index in [0.29, 0.717) is 0 Å². The zero-order valence-electron chi connectivity index (χ0n) is 9.41. The highest BCUT2D eigenvalue weighted by molar-refractivity contribution is 5.28. The summed E-state index contributed by atoms with van der Waals surface area (Å²) in [5.41, 5.74) is 3.08. The number of carbonyl (C=O) groups is 1. The molecule has 0 N–H and O–H groups in total. The van der Waals surface area contributed by atoms with Crippen LogP contribution in [0.25, 0.3) is 0 Å². The first kappa shape index (κ1) is 11.9. The first-order valence-corrected chi connectivity index (χ1v) is 5.48. The molecule has 0 aromatic heterocycles. The van der Waals surface area contributed by atoms with E-state index in [4.69, 9.17) is 4.79 Å². The number of nitrogens with zero attached hydrogens (tertiary/aromatic N) is 1. The van der Waals surface area contributed by atoms with Gasteiger partial charge in [-0.1, -0.05) is 31.2 Å². The molecule has 0 amide bonds. The first-order chi connectivity index (χ1) is 7.40. The molecule has 2 rings (SSSR count). The fraction of sp³-hybridized carbons (Fsp3) is 0.462. The van der Waals surface area contributed by atoms with Crippen LogP contribution in [0.4, 0.5) is 0 Å². The Morgan fingerprint density at radius 2 is 1.93 bits per heavy atom. The molecule has 0 unspecified atom stereocenters. The standard InChI is InChI=1S/C12H17N.CH2O/c1-2-8-13-9-7-11-5-3-4-6-12(11)10-13;1-2/h3-6H,2,7-10H2,1H3;1H2. The molecule has 2 heteroatoms. The molecule has 1 aromatic carbocycles. The van der Waals surface area contributed by atoms with E-state index in [1.807, 2.05) is 6.79 Å². The molecule has 1 heterocycles. The maximum Gasteiger partial charge on any atom is 0.106 e. The molecule has 0 saturated carbocycles. The van der Waals surface area contributed by atoms with Gasteiger partial charge in [0.05, 0.1) is 0 Å². The van der Waals surface area contributed by atoms with Gasteiger partial charge in [0.15, 0.2) is 0 Å². The summed E-state index contributed by atoms with van der Waals surface area (Å²) in [6, 6.07) is 8.82. The molecule has 1 aromatic rings. The summed E-state index contributed by atoms with van der Waals surface area (Å²) in [6.07, 6.45) is 2.50. The van der Waals surface area contributed by atoms with Gasteiger partial charge >= 0.3 is 0 Å². The monoisotopic (exact) mass is 205 g/mol. The van der Waals surface area contributed by atoms with E-state index in [0.717, 1.165) is 6.54 Å². The average Bonchev–Trinajstić information content (AvgIpc) is 2.32.